The summed E-state index contributed by atoms with van der Waals surface area (Å²) >= 11 is 0. The van der Waals surface area contributed by atoms with Crippen LogP contribution in [0.4, 0.5) is 0 Å². The number of nitrogens with zero attached hydrogens (tertiary/aromatic N) is 3. The summed E-state index contributed by atoms with van der Waals surface area (Å²) in [5.74, 6) is -7.83. The normalized spacial score (nSPS) is 17.3. The van der Waals surface area contributed by atoms with Gasteiger partial charge in [-0.2, -0.15) is 0 Å². The molecule has 18 heteroatoms. The van der Waals surface area contributed by atoms with Crippen LogP contribution in [0.5, 0.6) is 0 Å². The van der Waals surface area contributed by atoms with Gasteiger partial charge < -0.3 is 47.6 Å². The quantitative estimate of drug-likeness (QED) is 0.0522. The van der Waals surface area contributed by atoms with E-state index >= 15 is 14.4 Å². The second-order valence-electron chi connectivity index (χ2n) is 18.1. The number of amides is 5. The van der Waals surface area contributed by atoms with Gasteiger partial charge in [-0.3, -0.25) is 38.7 Å². The minimum Gasteiger partial charge on any atom is -0.460 e. The first-order valence-electron chi connectivity index (χ1n) is 22.8. The molecule has 3 heterocycles. The number of ether oxygens (including phenoxy) is 1. The smallest absolute Gasteiger partial charge is 0.312 e. The Bertz CT molecular complexity index is 2240. The molecule has 67 heavy (non-hydrogen) atoms. The van der Waals surface area contributed by atoms with Crippen LogP contribution in [0.3, 0.4) is 0 Å². The molecule has 10 N–H and O–H groups in total. The number of nitrogens with two attached hydrogens (primary N) is 2. The van der Waals surface area contributed by atoms with Gasteiger partial charge in [-0.05, 0) is 82.2 Å². The summed E-state index contributed by atoms with van der Waals surface area (Å²) in [6.07, 6.45) is 2.80. The van der Waals surface area contributed by atoms with Gasteiger partial charge in [0.1, 0.15) is 23.8 Å². The molecule has 360 valence electrons. The van der Waals surface area contributed by atoms with Crippen molar-refractivity contribution in [2.75, 3.05) is 13.1 Å². The number of aromatic amines is 1. The number of hydrogen-bond acceptors (Lipinski definition) is 13. The summed E-state index contributed by atoms with van der Waals surface area (Å²) < 4.78 is 5.88. The third-order valence-electron chi connectivity index (χ3n) is 12.0. The number of aliphatic hydroxyl groups is 1. The van der Waals surface area contributed by atoms with Crippen molar-refractivity contribution in [1.82, 2.24) is 41.1 Å². The predicted molar refractivity (Wildman–Crippen MR) is 250 cm³/mol. The maximum atomic E-state index is 15.8. The largest absolute Gasteiger partial charge is 0.460 e. The summed E-state index contributed by atoms with van der Waals surface area (Å²) in [7, 11) is 0. The minimum atomic E-state index is -2.84. The summed E-state index contributed by atoms with van der Waals surface area (Å²) in [4.78, 5) is 102. The number of hydrogen-bond donors (Lipinski definition) is 8. The van der Waals surface area contributed by atoms with Crippen molar-refractivity contribution in [2.45, 2.75) is 121 Å². The molecule has 0 spiro atoms. The predicted octanol–water partition coefficient (Wildman–Crippen LogP) is 1.62. The average Bonchev–Trinajstić information content (AvgIpc) is 4.06. The van der Waals surface area contributed by atoms with Crippen molar-refractivity contribution in [3.63, 3.8) is 0 Å². The van der Waals surface area contributed by atoms with Crippen molar-refractivity contribution >= 4 is 35.5 Å². The van der Waals surface area contributed by atoms with Gasteiger partial charge in [-0.15, -0.1) is 0 Å². The first-order valence-corrected chi connectivity index (χ1v) is 22.8. The molecule has 18 nitrogen and oxygen atoms in total. The number of H-pyrrole nitrogens is 1. The van der Waals surface area contributed by atoms with Crippen LogP contribution in [0.2, 0.25) is 0 Å². The SMILES string of the molecule is CC[C@H](C)[C@H](NC(=O)C(CN)(C(O)C(Cc1ccccc1)C(=O)OC(C)(C)C)N(C(=O)[C@@H]1CCCN1)C(=O)[C@H](Cc1cnc[nH]1)NC(=O)[C@@H](N)Cc1ccccc1)C(=O)NCc1ccccn1. The van der Waals surface area contributed by atoms with Crippen molar-refractivity contribution in [2.24, 2.45) is 23.3 Å². The molecule has 4 aromatic rings. The monoisotopic (exact) mass is 923 g/mol. The number of aliphatic hydroxyl groups excluding tert-OH is 1. The standard InChI is InChI=1S/C49H66N10O8/c1-6-31(2)40(43(62)55-28-34-20-13-14-22-53-34)58-47(66)49(29-50,41(60)36(46(65)67-48(3,4)5)24-32-16-9-7-10-17-32)59(44(63)38-21-15-23-54-38)45(64)39(26-35-27-52-30-56-35)57-42(61)37(51)25-33-18-11-8-12-19-33/h7-14,16-20,22,27,30-31,36-41,54,60H,6,15,21,23-26,28-29,50-51H2,1-5H3,(H,52,56)(H,55,62)(H,57,61)(H,58,66)/t31-,36?,37-,38-,39-,40-,41?,49?/m0/s1. The van der Waals surface area contributed by atoms with Crippen LogP contribution in [-0.4, -0.2) is 115 Å². The van der Waals surface area contributed by atoms with Gasteiger partial charge in [-0.1, -0.05) is 87.0 Å². The van der Waals surface area contributed by atoms with Crippen LogP contribution in [-0.2, 0) is 59.3 Å². The topological polar surface area (TPSA) is 277 Å². The first-order chi connectivity index (χ1) is 32.0. The second kappa shape index (κ2) is 23.9. The molecule has 5 rings (SSSR count). The van der Waals surface area contributed by atoms with Crippen LogP contribution in [0.15, 0.2) is 97.6 Å². The Kier molecular flexibility index (Phi) is 18.4. The molecule has 2 aromatic carbocycles. The van der Waals surface area contributed by atoms with E-state index in [-0.39, 0.29) is 32.2 Å². The van der Waals surface area contributed by atoms with Gasteiger partial charge in [0.25, 0.3) is 11.8 Å². The van der Waals surface area contributed by atoms with Crippen LogP contribution >= 0.6 is 0 Å². The maximum absolute atomic E-state index is 15.8. The van der Waals surface area contributed by atoms with Gasteiger partial charge in [-0.25, -0.2) is 4.98 Å². The summed E-state index contributed by atoms with van der Waals surface area (Å²) in [5.41, 5.74) is 11.5. The van der Waals surface area contributed by atoms with Gasteiger partial charge in [0.05, 0.1) is 36.6 Å². The number of benzene rings is 2. The number of imide groups is 1. The zero-order valence-corrected chi connectivity index (χ0v) is 38.9. The molecule has 0 saturated carbocycles. The Morgan fingerprint density at radius 1 is 0.910 bits per heavy atom. The van der Waals surface area contributed by atoms with Gasteiger partial charge in [0.2, 0.25) is 17.7 Å². The number of carbonyl (C=O) groups is 6. The highest BCUT2D eigenvalue weighted by molar-refractivity contribution is 6.08. The lowest BCUT2D eigenvalue weighted by Crippen LogP contribution is -2.77. The highest BCUT2D eigenvalue weighted by Crippen LogP contribution is 2.33. The number of rotatable bonds is 22. The Morgan fingerprint density at radius 3 is 2.12 bits per heavy atom. The Labute approximate surface area is 391 Å². The van der Waals surface area contributed by atoms with Crippen LogP contribution in [0.25, 0.3) is 0 Å². The van der Waals surface area contributed by atoms with E-state index in [1.54, 1.807) is 107 Å². The van der Waals surface area contributed by atoms with Gasteiger partial charge in [0.15, 0.2) is 5.54 Å². The number of pyridine rings is 1. The van der Waals surface area contributed by atoms with E-state index in [1.165, 1.54) is 12.5 Å². The van der Waals surface area contributed by atoms with Gasteiger partial charge in [0, 0.05) is 31.1 Å². The van der Waals surface area contributed by atoms with Crippen molar-refractivity contribution in [3.8, 4) is 0 Å². The second-order valence-corrected chi connectivity index (χ2v) is 18.1. The zero-order valence-electron chi connectivity index (χ0n) is 38.9. The van der Waals surface area contributed by atoms with Crippen LogP contribution < -0.4 is 32.7 Å². The highest BCUT2D eigenvalue weighted by Gasteiger charge is 2.60. The zero-order chi connectivity index (χ0) is 48.7. The number of aromatic nitrogens is 3. The minimum absolute atomic E-state index is 0.00274. The molecular formula is C49H66N10O8. The third-order valence-corrected chi connectivity index (χ3v) is 12.0. The molecule has 0 aliphatic carbocycles. The fraction of sp³-hybridized carbons (Fsp3) is 0.469. The van der Waals surface area contributed by atoms with E-state index in [0.29, 0.717) is 41.2 Å². The molecule has 1 aliphatic heterocycles. The van der Waals surface area contributed by atoms with E-state index in [2.05, 4.69) is 36.2 Å². The Hall–Kier alpha value is -6.34. The lowest BCUT2D eigenvalue weighted by molar-refractivity contribution is -0.180. The highest BCUT2D eigenvalue weighted by atomic mass is 16.6. The first kappa shape index (κ1) is 51.6. The summed E-state index contributed by atoms with van der Waals surface area (Å²) in [6, 6.07) is 17.7. The van der Waals surface area contributed by atoms with E-state index in [4.69, 9.17) is 16.2 Å². The van der Waals surface area contributed by atoms with E-state index in [9.17, 15) is 19.5 Å². The van der Waals surface area contributed by atoms with E-state index in [1.807, 2.05) is 13.0 Å². The van der Waals surface area contributed by atoms with Crippen LogP contribution in [0, 0.1) is 11.8 Å². The molecule has 8 atom stereocenters. The van der Waals surface area contributed by atoms with E-state index < -0.39 is 95.3 Å². The van der Waals surface area contributed by atoms with E-state index in [0.717, 1.165) is 5.56 Å². The molecule has 0 bridgehead atoms. The molecule has 1 aliphatic rings. The van der Waals surface area contributed by atoms with Gasteiger partial charge >= 0.3 is 5.97 Å². The lowest BCUT2D eigenvalue weighted by Gasteiger charge is -2.47. The van der Waals surface area contributed by atoms with Crippen LogP contribution in [0.1, 0.15) is 76.4 Å². The number of imidazole rings is 1. The molecular weight excluding hydrogens is 857 g/mol. The lowest BCUT2D eigenvalue weighted by atomic mass is 9.77. The maximum Gasteiger partial charge on any atom is 0.312 e. The molecule has 5 amide bonds. The fourth-order valence-electron chi connectivity index (χ4n) is 8.10. The molecule has 1 saturated heterocycles. The Balaban J connectivity index is 1.70. The average molecular weight is 923 g/mol. The number of esters is 1. The number of nitrogens with one attached hydrogen (secondary N) is 5. The van der Waals surface area contributed by atoms with Crippen molar-refractivity contribution < 1.29 is 38.6 Å². The number of carbonyl (C=O) groups excluding carboxylic acids is 6. The Morgan fingerprint density at radius 2 is 1.57 bits per heavy atom. The molecule has 3 unspecified atom stereocenters. The third kappa shape index (κ3) is 13.6. The summed E-state index contributed by atoms with van der Waals surface area (Å²) in [5, 5.41) is 24.6. The molecule has 1 fully saturated rings. The van der Waals surface area contributed by atoms with Crippen molar-refractivity contribution in [1.29, 1.82) is 0 Å². The summed E-state index contributed by atoms with van der Waals surface area (Å²) in [6.45, 7) is 7.89. The molecule has 0 radical (unpaired) electrons. The molecule has 2 aromatic heterocycles. The van der Waals surface area contributed by atoms with Crippen molar-refractivity contribution in [3.05, 3.63) is 120 Å². The fourth-order valence-corrected chi connectivity index (χ4v) is 8.10.